The fraction of sp³-hybridized carbons (Fsp3) is 0.619. The molecule has 1 aliphatic rings. The maximum Gasteiger partial charge on any atom is 0.303 e. The number of rotatable bonds is 13. The van der Waals surface area contributed by atoms with Crippen LogP contribution in [0.25, 0.3) is 0 Å². The molecule has 3 atom stereocenters. The van der Waals surface area contributed by atoms with Crippen LogP contribution in [0.3, 0.4) is 0 Å². The highest BCUT2D eigenvalue weighted by atomic mass is 35.5. The molecule has 0 aromatic heterocycles. The van der Waals surface area contributed by atoms with Crippen molar-refractivity contribution in [1.82, 2.24) is 0 Å². The zero-order valence-corrected chi connectivity index (χ0v) is 16.3. The molecule has 5 heteroatoms. The minimum absolute atomic E-state index is 0.0388. The second-order valence-corrected chi connectivity index (χ2v) is 7.30. The third-order valence-electron chi connectivity index (χ3n) is 4.73. The van der Waals surface area contributed by atoms with Gasteiger partial charge in [0.05, 0.1) is 11.5 Å². The molecular weight excluding hydrogens is 352 g/mol. The summed E-state index contributed by atoms with van der Waals surface area (Å²) in [6.07, 6.45) is 16.6. The molecule has 0 aromatic rings. The molecule has 0 aromatic carbocycles. The van der Waals surface area contributed by atoms with Crippen LogP contribution in [0.5, 0.6) is 0 Å². The Bertz CT molecular complexity index is 538. The van der Waals surface area contributed by atoms with Crippen molar-refractivity contribution < 1.29 is 19.8 Å². The van der Waals surface area contributed by atoms with Crippen molar-refractivity contribution in [3.05, 3.63) is 36.5 Å². The molecule has 1 aliphatic carbocycles. The predicted molar refractivity (Wildman–Crippen MR) is 105 cm³/mol. The molecule has 0 spiro atoms. The SMILES string of the molecule is CCCCC(O)(CCl)CC=C[C@H]1C=CC(=O)[C@@H]1CC=CCCCC(=O)O. The molecule has 146 valence electrons. The van der Waals surface area contributed by atoms with Crippen molar-refractivity contribution in [2.45, 2.75) is 63.9 Å². The van der Waals surface area contributed by atoms with E-state index in [0.29, 0.717) is 32.1 Å². The number of allylic oxidation sites excluding steroid dienone is 5. The molecule has 0 saturated heterocycles. The Morgan fingerprint density at radius 3 is 2.73 bits per heavy atom. The fourth-order valence-electron chi connectivity index (χ4n) is 3.03. The van der Waals surface area contributed by atoms with Gasteiger partial charge in [0.25, 0.3) is 0 Å². The molecule has 0 heterocycles. The Morgan fingerprint density at radius 2 is 2.08 bits per heavy atom. The average molecular weight is 383 g/mol. The summed E-state index contributed by atoms with van der Waals surface area (Å²) in [7, 11) is 0. The summed E-state index contributed by atoms with van der Waals surface area (Å²) in [5.41, 5.74) is -0.875. The van der Waals surface area contributed by atoms with Crippen LogP contribution in [-0.2, 0) is 9.59 Å². The van der Waals surface area contributed by atoms with Gasteiger partial charge in [0.15, 0.2) is 5.78 Å². The number of aliphatic carboxylic acids is 1. The van der Waals surface area contributed by atoms with E-state index in [-0.39, 0.29) is 29.9 Å². The van der Waals surface area contributed by atoms with Crippen molar-refractivity contribution in [1.29, 1.82) is 0 Å². The maximum absolute atomic E-state index is 12.0. The lowest BCUT2D eigenvalue weighted by Gasteiger charge is -2.24. The number of unbranched alkanes of at least 4 members (excludes halogenated alkanes) is 2. The Labute approximate surface area is 161 Å². The van der Waals surface area contributed by atoms with Crippen molar-refractivity contribution in [3.63, 3.8) is 0 Å². The number of carboxylic acid groups (broad SMARTS) is 1. The van der Waals surface area contributed by atoms with Crippen molar-refractivity contribution in [2.24, 2.45) is 11.8 Å². The van der Waals surface area contributed by atoms with E-state index >= 15 is 0 Å². The van der Waals surface area contributed by atoms with E-state index in [4.69, 9.17) is 16.7 Å². The van der Waals surface area contributed by atoms with Crippen molar-refractivity contribution in [3.8, 4) is 0 Å². The summed E-state index contributed by atoms with van der Waals surface area (Å²) in [4.78, 5) is 22.5. The van der Waals surface area contributed by atoms with E-state index in [1.165, 1.54) is 0 Å². The highest BCUT2D eigenvalue weighted by Crippen LogP contribution is 2.28. The van der Waals surface area contributed by atoms with Crippen LogP contribution < -0.4 is 0 Å². The van der Waals surface area contributed by atoms with Crippen LogP contribution >= 0.6 is 11.6 Å². The quantitative estimate of drug-likeness (QED) is 0.276. The zero-order valence-electron chi connectivity index (χ0n) is 15.6. The smallest absolute Gasteiger partial charge is 0.303 e. The molecule has 0 fully saturated rings. The first-order valence-electron chi connectivity index (χ1n) is 9.45. The number of hydrogen-bond donors (Lipinski definition) is 2. The van der Waals surface area contributed by atoms with Gasteiger partial charge in [-0.3, -0.25) is 9.59 Å². The predicted octanol–water partition coefficient (Wildman–Crippen LogP) is 4.67. The number of carbonyl (C=O) groups is 2. The molecule has 0 aliphatic heterocycles. The molecule has 0 bridgehead atoms. The van der Waals surface area contributed by atoms with Gasteiger partial charge in [0.1, 0.15) is 0 Å². The highest BCUT2D eigenvalue weighted by Gasteiger charge is 2.28. The van der Waals surface area contributed by atoms with Gasteiger partial charge in [0, 0.05) is 18.3 Å². The van der Waals surface area contributed by atoms with E-state index in [2.05, 4.69) is 6.92 Å². The van der Waals surface area contributed by atoms with E-state index in [9.17, 15) is 14.7 Å². The molecule has 4 nitrogen and oxygen atoms in total. The average Bonchev–Trinajstić information content (AvgIpc) is 2.96. The Hall–Kier alpha value is -1.39. The van der Waals surface area contributed by atoms with Gasteiger partial charge in [-0.1, -0.05) is 50.1 Å². The Kier molecular flexibility index (Phi) is 10.5. The number of aliphatic hydroxyl groups is 1. The number of hydrogen-bond acceptors (Lipinski definition) is 3. The standard InChI is InChI=1S/C21H31ClO4/c1-2-3-14-21(26,16-22)15-8-9-17-12-13-19(23)18(17)10-6-4-5-7-11-20(24)25/h4,6,8-9,12-13,17-18,26H,2-3,5,7,10-11,14-16H2,1H3,(H,24,25)/t17-,18+,21?/m0/s1. The van der Waals surface area contributed by atoms with Crippen molar-refractivity contribution >= 4 is 23.4 Å². The second-order valence-electron chi connectivity index (χ2n) is 7.03. The summed E-state index contributed by atoms with van der Waals surface area (Å²) < 4.78 is 0. The topological polar surface area (TPSA) is 74.6 Å². The lowest BCUT2D eigenvalue weighted by atomic mass is 9.89. The zero-order chi connectivity index (χ0) is 19.4. The van der Waals surface area contributed by atoms with Crippen LogP contribution in [0, 0.1) is 11.8 Å². The van der Waals surface area contributed by atoms with E-state index in [0.717, 1.165) is 12.8 Å². The minimum Gasteiger partial charge on any atom is -0.481 e. The Morgan fingerprint density at radius 1 is 1.31 bits per heavy atom. The van der Waals surface area contributed by atoms with Gasteiger partial charge in [-0.25, -0.2) is 0 Å². The normalized spacial score (nSPS) is 22.5. The molecule has 0 amide bonds. The van der Waals surface area contributed by atoms with E-state index in [1.807, 2.05) is 30.4 Å². The van der Waals surface area contributed by atoms with Crippen LogP contribution in [0.4, 0.5) is 0 Å². The van der Waals surface area contributed by atoms with Crippen LogP contribution in [-0.4, -0.2) is 33.4 Å². The van der Waals surface area contributed by atoms with Crippen molar-refractivity contribution in [2.75, 3.05) is 5.88 Å². The van der Waals surface area contributed by atoms with Crippen LogP contribution in [0.1, 0.15) is 58.3 Å². The first-order valence-corrected chi connectivity index (χ1v) is 9.99. The molecule has 1 rings (SSSR count). The number of alkyl halides is 1. The largest absolute Gasteiger partial charge is 0.481 e. The summed E-state index contributed by atoms with van der Waals surface area (Å²) in [6, 6.07) is 0. The molecule has 2 N–H and O–H groups in total. The van der Waals surface area contributed by atoms with Gasteiger partial charge in [-0.2, -0.15) is 0 Å². The Balaban J connectivity index is 2.49. The lowest BCUT2D eigenvalue weighted by Crippen LogP contribution is -2.30. The molecule has 1 unspecified atom stereocenters. The number of ketones is 1. The number of carboxylic acids is 1. The van der Waals surface area contributed by atoms with E-state index in [1.54, 1.807) is 6.08 Å². The number of halogens is 1. The van der Waals surface area contributed by atoms with Gasteiger partial charge in [0.2, 0.25) is 0 Å². The fourth-order valence-corrected chi connectivity index (χ4v) is 3.27. The summed E-state index contributed by atoms with van der Waals surface area (Å²) >= 11 is 5.92. The third-order valence-corrected chi connectivity index (χ3v) is 5.23. The monoisotopic (exact) mass is 382 g/mol. The number of carbonyl (C=O) groups excluding carboxylic acids is 1. The molecule has 0 radical (unpaired) electrons. The minimum atomic E-state index is -0.875. The van der Waals surface area contributed by atoms with Crippen LogP contribution in [0.15, 0.2) is 36.5 Å². The highest BCUT2D eigenvalue weighted by molar-refractivity contribution is 6.18. The van der Waals surface area contributed by atoms with Gasteiger partial charge in [-0.05, 0) is 38.2 Å². The first-order chi connectivity index (χ1) is 12.4. The molecular formula is C21H31ClO4. The van der Waals surface area contributed by atoms with Crippen LogP contribution in [0.2, 0.25) is 0 Å². The van der Waals surface area contributed by atoms with Gasteiger partial charge < -0.3 is 10.2 Å². The van der Waals surface area contributed by atoms with E-state index < -0.39 is 11.6 Å². The summed E-state index contributed by atoms with van der Waals surface area (Å²) in [5, 5.41) is 19.1. The first kappa shape index (κ1) is 22.7. The summed E-state index contributed by atoms with van der Waals surface area (Å²) in [6.45, 7) is 2.08. The second kappa shape index (κ2) is 12.1. The maximum atomic E-state index is 12.0. The van der Waals surface area contributed by atoms with Gasteiger partial charge >= 0.3 is 5.97 Å². The summed E-state index contributed by atoms with van der Waals surface area (Å²) in [5.74, 6) is -0.527. The molecule has 0 saturated carbocycles. The third kappa shape index (κ3) is 8.33. The molecule has 26 heavy (non-hydrogen) atoms. The van der Waals surface area contributed by atoms with Gasteiger partial charge in [-0.15, -0.1) is 11.6 Å². The lowest BCUT2D eigenvalue weighted by molar-refractivity contribution is -0.137.